The third-order valence-electron chi connectivity index (χ3n) is 6.16. The summed E-state index contributed by atoms with van der Waals surface area (Å²) in [6.45, 7) is 6.64. The minimum absolute atomic E-state index is 0.0394. The second-order valence-corrected chi connectivity index (χ2v) is 8.95. The fraction of sp³-hybridized carbons (Fsp3) is 0.385. The zero-order valence-corrected chi connectivity index (χ0v) is 20.2. The van der Waals surface area contributed by atoms with E-state index in [9.17, 15) is 4.79 Å². The molecule has 1 aliphatic heterocycles. The van der Waals surface area contributed by atoms with E-state index in [2.05, 4.69) is 38.3 Å². The molecule has 0 bridgehead atoms. The fourth-order valence-corrected chi connectivity index (χ4v) is 4.74. The van der Waals surface area contributed by atoms with Gasteiger partial charge in [0.25, 0.3) is 0 Å². The second-order valence-electron chi connectivity index (χ2n) is 8.52. The van der Waals surface area contributed by atoms with Crippen LogP contribution in [0.15, 0.2) is 47.5 Å². The maximum absolute atomic E-state index is 9.93. The summed E-state index contributed by atoms with van der Waals surface area (Å²) >= 11 is 6.11. The number of hydrogen-bond acceptors (Lipinski definition) is 4. The minimum Gasteiger partial charge on any atom is -0.357 e. The third-order valence-corrected chi connectivity index (χ3v) is 6.41. The van der Waals surface area contributed by atoms with E-state index in [1.54, 1.807) is 0 Å². The molecule has 2 heterocycles. The molecule has 6 nitrogen and oxygen atoms in total. The number of benzene rings is 2. The van der Waals surface area contributed by atoms with Crippen molar-refractivity contribution in [3.63, 3.8) is 0 Å². The lowest BCUT2D eigenvalue weighted by molar-refractivity contribution is -0.118. The molecule has 1 fully saturated rings. The summed E-state index contributed by atoms with van der Waals surface area (Å²) in [5.74, 6) is 2.47. The van der Waals surface area contributed by atoms with Crippen LogP contribution in [0.1, 0.15) is 73.8 Å². The van der Waals surface area contributed by atoms with Crippen LogP contribution >= 0.6 is 11.6 Å². The number of carbonyl (C=O) groups excluding carboxylic acids is 1. The van der Waals surface area contributed by atoms with Crippen molar-refractivity contribution >= 4 is 23.2 Å². The smallest absolute Gasteiger partial charge is 0.216 e. The minimum atomic E-state index is 0.0394. The molecule has 1 aliphatic carbocycles. The molecule has 1 amide bonds. The molecule has 1 saturated carbocycles. The van der Waals surface area contributed by atoms with Gasteiger partial charge in [-0.05, 0) is 62.4 Å². The first-order valence-corrected chi connectivity index (χ1v) is 12.0. The monoisotopic (exact) mass is 463 g/mol. The van der Waals surface area contributed by atoms with Crippen LogP contribution in [0.25, 0.3) is 5.69 Å². The van der Waals surface area contributed by atoms with Crippen LogP contribution in [0.2, 0.25) is 5.02 Å². The first kappa shape index (κ1) is 23.2. The van der Waals surface area contributed by atoms with E-state index < -0.39 is 0 Å². The predicted octanol–water partition coefficient (Wildman–Crippen LogP) is 5.38. The van der Waals surface area contributed by atoms with Crippen molar-refractivity contribution in [1.29, 1.82) is 0 Å². The van der Waals surface area contributed by atoms with E-state index in [4.69, 9.17) is 16.6 Å². The highest BCUT2D eigenvalue weighted by Gasteiger charge is 2.24. The highest BCUT2D eigenvalue weighted by Crippen LogP contribution is 2.36. The van der Waals surface area contributed by atoms with Crippen LogP contribution in [0.5, 0.6) is 0 Å². The highest BCUT2D eigenvalue weighted by molar-refractivity contribution is 6.30. The molecule has 0 spiro atoms. The molecule has 172 valence electrons. The topological polar surface area (TPSA) is 72.2 Å². The molecule has 2 aliphatic rings. The number of amides is 1. The molecule has 3 aromatic rings. The zero-order valence-electron chi connectivity index (χ0n) is 19.4. The molecule has 33 heavy (non-hydrogen) atoms. The quantitative estimate of drug-likeness (QED) is 0.566. The van der Waals surface area contributed by atoms with E-state index in [1.165, 1.54) is 38.2 Å². The Hall–Kier alpha value is -2.99. The van der Waals surface area contributed by atoms with E-state index in [0.717, 1.165) is 45.7 Å². The lowest BCUT2D eigenvalue weighted by atomic mass is 9.92. The predicted molar refractivity (Wildman–Crippen MR) is 132 cm³/mol. The average Bonchev–Trinajstić information content (AvgIpc) is 3.42. The third kappa shape index (κ3) is 5.17. The molecule has 0 saturated heterocycles. The van der Waals surface area contributed by atoms with E-state index in [1.807, 2.05) is 38.1 Å². The normalized spacial score (nSPS) is 15.0. The van der Waals surface area contributed by atoms with Crippen molar-refractivity contribution in [2.45, 2.75) is 58.9 Å². The van der Waals surface area contributed by atoms with Gasteiger partial charge in [-0.2, -0.15) is 0 Å². The molecule has 1 aromatic heterocycles. The molecular weight excluding hydrogens is 434 g/mol. The molecule has 0 atom stereocenters. The van der Waals surface area contributed by atoms with E-state index >= 15 is 0 Å². The number of aromatic nitrogens is 3. The van der Waals surface area contributed by atoms with Crippen molar-refractivity contribution in [3.8, 4) is 5.69 Å². The van der Waals surface area contributed by atoms with E-state index in [0.29, 0.717) is 12.5 Å². The number of carbonyl (C=O) groups is 1. The van der Waals surface area contributed by atoms with Crippen molar-refractivity contribution in [2.24, 2.45) is 4.99 Å². The first-order valence-electron chi connectivity index (χ1n) is 11.6. The molecular formula is C26H30ClN5O. The molecule has 7 heteroatoms. The fourth-order valence-electron chi connectivity index (χ4n) is 4.61. The van der Waals surface area contributed by atoms with Gasteiger partial charge in [0.05, 0.1) is 11.4 Å². The van der Waals surface area contributed by atoms with Gasteiger partial charge in [0, 0.05) is 29.6 Å². The summed E-state index contributed by atoms with van der Waals surface area (Å²) in [6.07, 6.45) is 5.22. The van der Waals surface area contributed by atoms with Crippen molar-refractivity contribution < 1.29 is 4.79 Å². The Labute approximate surface area is 200 Å². The van der Waals surface area contributed by atoms with Gasteiger partial charge in [-0.25, -0.2) is 0 Å². The van der Waals surface area contributed by atoms with Crippen LogP contribution in [0.3, 0.4) is 0 Å². The Bertz CT molecular complexity index is 1160. The standard InChI is InChI=1S/C22H21ClN4.C4H9NO/c1-14-25-26-21-13-24-22(16-6-9-18(23)10-7-16)19-12-17(15-4-2-3-5-15)8-11-20(19)27(14)21;1-3-5-4(2)6/h6-12,15H,2-5,13H2,1H3;3H2,1-2H3,(H,5,6). The van der Waals surface area contributed by atoms with Crippen LogP contribution < -0.4 is 5.32 Å². The summed E-state index contributed by atoms with van der Waals surface area (Å²) in [7, 11) is 0. The molecule has 0 unspecified atom stereocenters. The number of rotatable bonds is 3. The Morgan fingerprint density at radius 1 is 1.12 bits per heavy atom. The Morgan fingerprint density at radius 2 is 1.85 bits per heavy atom. The number of nitrogens with one attached hydrogen (secondary N) is 1. The van der Waals surface area contributed by atoms with Crippen molar-refractivity contribution in [3.05, 3.63) is 75.8 Å². The highest BCUT2D eigenvalue weighted by atomic mass is 35.5. The largest absolute Gasteiger partial charge is 0.357 e. The Morgan fingerprint density at radius 3 is 2.48 bits per heavy atom. The lowest BCUT2D eigenvalue weighted by Gasteiger charge is -2.17. The number of fused-ring (bicyclic) bond motifs is 3. The van der Waals surface area contributed by atoms with Gasteiger partial charge in [0.1, 0.15) is 12.4 Å². The number of halogens is 1. The SMILES string of the molecule is CCNC(C)=O.Cc1nnc2n1-c1ccc(C3CCCC3)cc1C(c1ccc(Cl)cc1)=NC2. The van der Waals surface area contributed by atoms with Crippen molar-refractivity contribution in [1.82, 2.24) is 20.1 Å². The number of nitrogens with zero attached hydrogens (tertiary/aromatic N) is 4. The summed E-state index contributed by atoms with van der Waals surface area (Å²) < 4.78 is 2.14. The second kappa shape index (κ2) is 10.3. The van der Waals surface area contributed by atoms with Gasteiger partial charge in [0.15, 0.2) is 5.82 Å². The summed E-state index contributed by atoms with van der Waals surface area (Å²) in [4.78, 5) is 14.9. The summed E-state index contributed by atoms with van der Waals surface area (Å²) in [5.41, 5.74) is 5.78. The maximum Gasteiger partial charge on any atom is 0.216 e. The van der Waals surface area contributed by atoms with Gasteiger partial charge in [-0.1, -0.05) is 42.6 Å². The van der Waals surface area contributed by atoms with Crippen molar-refractivity contribution in [2.75, 3.05) is 6.54 Å². The Balaban J connectivity index is 0.000000385. The Kier molecular flexibility index (Phi) is 7.23. The molecule has 0 radical (unpaired) electrons. The van der Waals surface area contributed by atoms with Gasteiger partial charge in [0.2, 0.25) is 5.91 Å². The van der Waals surface area contributed by atoms with Gasteiger partial charge in [-0.3, -0.25) is 14.4 Å². The summed E-state index contributed by atoms with van der Waals surface area (Å²) in [6, 6.07) is 14.8. The molecule has 1 N–H and O–H groups in total. The summed E-state index contributed by atoms with van der Waals surface area (Å²) in [5, 5.41) is 11.9. The van der Waals surface area contributed by atoms with Crippen LogP contribution in [-0.4, -0.2) is 32.9 Å². The molecule has 5 rings (SSSR count). The van der Waals surface area contributed by atoms with Crippen LogP contribution in [0.4, 0.5) is 0 Å². The van der Waals surface area contributed by atoms with Gasteiger partial charge < -0.3 is 5.32 Å². The van der Waals surface area contributed by atoms with E-state index in [-0.39, 0.29) is 5.91 Å². The number of aliphatic imine (C=N–C) groups is 1. The van der Waals surface area contributed by atoms with Gasteiger partial charge >= 0.3 is 0 Å². The average molecular weight is 464 g/mol. The van der Waals surface area contributed by atoms with Crippen LogP contribution in [0, 0.1) is 6.92 Å². The number of aryl methyl sites for hydroxylation is 1. The lowest BCUT2D eigenvalue weighted by Crippen LogP contribution is -2.18. The maximum atomic E-state index is 9.93. The molecule has 2 aromatic carbocycles. The van der Waals surface area contributed by atoms with Gasteiger partial charge in [-0.15, -0.1) is 10.2 Å². The zero-order chi connectivity index (χ0) is 23.4. The van der Waals surface area contributed by atoms with Crippen LogP contribution in [-0.2, 0) is 11.3 Å². The number of hydrogen-bond donors (Lipinski definition) is 1. The first-order chi connectivity index (χ1) is 16.0.